The molecule has 10 nitrogen and oxygen atoms in total. The van der Waals surface area contributed by atoms with Crippen LogP contribution < -0.4 is 0 Å². The van der Waals surface area contributed by atoms with E-state index in [-0.39, 0.29) is 29.2 Å². The second-order valence-electron chi connectivity index (χ2n) is 10.9. The van der Waals surface area contributed by atoms with E-state index in [9.17, 15) is 12.8 Å². The fourth-order valence-electron chi connectivity index (χ4n) is 6.67. The molecular formula is C29H24FN7O3S. The topological polar surface area (TPSA) is 112 Å². The summed E-state index contributed by atoms with van der Waals surface area (Å²) in [6.07, 6.45) is 3.07. The van der Waals surface area contributed by atoms with Gasteiger partial charge in [-0.25, -0.2) is 22.5 Å². The predicted octanol–water partition coefficient (Wildman–Crippen LogP) is 4.10. The molecule has 206 valence electrons. The number of para-hydroxylation sites is 2. The van der Waals surface area contributed by atoms with Crippen molar-refractivity contribution in [3.63, 3.8) is 0 Å². The molecule has 2 aliphatic rings. The molecule has 41 heavy (non-hydrogen) atoms. The number of fused-ring (bicyclic) bond motifs is 3. The van der Waals surface area contributed by atoms with Gasteiger partial charge >= 0.3 is 0 Å². The first kappa shape index (κ1) is 24.4. The summed E-state index contributed by atoms with van der Waals surface area (Å²) < 4.78 is 50.2. The summed E-state index contributed by atoms with van der Waals surface area (Å²) in [5.74, 6) is 0.182. The highest BCUT2D eigenvalue weighted by Gasteiger charge is 2.73. The molecule has 1 aliphatic heterocycles. The van der Waals surface area contributed by atoms with Crippen molar-refractivity contribution in [2.45, 2.75) is 23.3 Å². The molecule has 1 aliphatic carbocycles. The first-order valence-electron chi connectivity index (χ1n) is 13.2. The van der Waals surface area contributed by atoms with Gasteiger partial charge in [0.1, 0.15) is 11.3 Å². The highest BCUT2D eigenvalue weighted by atomic mass is 32.2. The number of nitrogens with zero attached hydrogens (tertiary/aromatic N) is 7. The molecule has 0 unspecified atom stereocenters. The van der Waals surface area contributed by atoms with Gasteiger partial charge in [-0.3, -0.25) is 0 Å². The van der Waals surface area contributed by atoms with E-state index in [0.29, 0.717) is 18.0 Å². The molecule has 6 aromatic rings. The first-order chi connectivity index (χ1) is 19.8. The zero-order valence-corrected chi connectivity index (χ0v) is 23.0. The van der Waals surface area contributed by atoms with Crippen molar-refractivity contribution in [3.8, 4) is 5.69 Å². The van der Waals surface area contributed by atoms with E-state index in [4.69, 9.17) is 9.40 Å². The van der Waals surface area contributed by atoms with Crippen LogP contribution in [0.1, 0.15) is 22.9 Å². The molecule has 0 bridgehead atoms. The van der Waals surface area contributed by atoms with E-state index in [2.05, 4.69) is 27.4 Å². The Labute approximate surface area is 234 Å². The number of oxazole rings is 1. The van der Waals surface area contributed by atoms with E-state index in [0.717, 1.165) is 33.2 Å². The fourth-order valence-corrected chi connectivity index (χ4v) is 8.08. The maximum atomic E-state index is 13.6. The summed E-state index contributed by atoms with van der Waals surface area (Å²) in [5.41, 5.74) is 4.63. The van der Waals surface area contributed by atoms with Crippen molar-refractivity contribution in [1.82, 2.24) is 34.1 Å². The number of hydrogen-bond donors (Lipinski definition) is 0. The van der Waals surface area contributed by atoms with E-state index in [1.807, 2.05) is 31.2 Å². The van der Waals surface area contributed by atoms with Crippen LogP contribution in [0.15, 0.2) is 82.5 Å². The average Bonchev–Trinajstić information content (AvgIpc) is 3.55. The largest absolute Gasteiger partial charge is 0.440 e. The molecule has 3 atom stereocenters. The van der Waals surface area contributed by atoms with Crippen molar-refractivity contribution in [2.75, 3.05) is 13.1 Å². The Morgan fingerprint density at radius 3 is 2.61 bits per heavy atom. The number of benzene rings is 3. The number of hydrogen-bond acceptors (Lipinski definition) is 7. The lowest BCUT2D eigenvalue weighted by Crippen LogP contribution is -2.35. The van der Waals surface area contributed by atoms with Gasteiger partial charge in [-0.2, -0.15) is 19.3 Å². The normalized spacial score (nSPS) is 22.5. The van der Waals surface area contributed by atoms with Gasteiger partial charge in [0.15, 0.2) is 11.5 Å². The van der Waals surface area contributed by atoms with Crippen LogP contribution in [-0.2, 0) is 22.5 Å². The second kappa shape index (κ2) is 8.30. The van der Waals surface area contributed by atoms with Crippen LogP contribution in [-0.4, -0.2) is 55.6 Å². The van der Waals surface area contributed by atoms with Crippen LogP contribution in [0.2, 0.25) is 0 Å². The quantitative estimate of drug-likeness (QED) is 0.307. The number of aromatic nitrogens is 6. The second-order valence-corrected chi connectivity index (χ2v) is 12.8. The Bertz CT molecular complexity index is 2070. The van der Waals surface area contributed by atoms with Gasteiger partial charge in [0.2, 0.25) is 5.03 Å². The van der Waals surface area contributed by atoms with Crippen molar-refractivity contribution in [1.29, 1.82) is 0 Å². The molecule has 3 aromatic carbocycles. The predicted molar refractivity (Wildman–Crippen MR) is 147 cm³/mol. The third kappa shape index (κ3) is 3.47. The van der Waals surface area contributed by atoms with Gasteiger partial charge in [-0.05, 0) is 72.5 Å². The molecule has 0 N–H and O–H groups in total. The summed E-state index contributed by atoms with van der Waals surface area (Å²) >= 11 is 0. The van der Waals surface area contributed by atoms with E-state index in [1.165, 1.54) is 27.4 Å². The molecule has 1 saturated carbocycles. The molecule has 1 saturated heterocycles. The molecule has 0 radical (unpaired) electrons. The Hall–Kier alpha value is -4.42. The molecule has 0 spiro atoms. The lowest BCUT2D eigenvalue weighted by Gasteiger charge is -2.23. The van der Waals surface area contributed by atoms with Gasteiger partial charge < -0.3 is 4.42 Å². The standard InChI is InChI=1S/C29H24FN7O3S/c1-17-11-24-18(13-32-37(24)20-9-7-19(30)8-10-20)12-21(17)29-16-36(41(38,39)26-14-31-35(2)34-26)15-22(29)27(29)28-33-23-5-3-4-6-25(23)40-28/h3-14,22,27H,15-16H2,1-2H3/t22-,27+,29+/m1/s1. The number of aryl methyl sites for hydroxylation is 2. The van der Waals surface area contributed by atoms with Gasteiger partial charge in [0, 0.05) is 30.9 Å². The van der Waals surface area contributed by atoms with E-state index < -0.39 is 15.4 Å². The third-order valence-electron chi connectivity index (χ3n) is 8.59. The van der Waals surface area contributed by atoms with Crippen molar-refractivity contribution in [2.24, 2.45) is 13.0 Å². The Balaban J connectivity index is 1.25. The summed E-state index contributed by atoms with van der Waals surface area (Å²) in [7, 11) is -2.25. The minimum Gasteiger partial charge on any atom is -0.440 e. The number of halogens is 1. The van der Waals surface area contributed by atoms with E-state index in [1.54, 1.807) is 30.1 Å². The monoisotopic (exact) mass is 569 g/mol. The van der Waals surface area contributed by atoms with Gasteiger partial charge in [0.25, 0.3) is 10.0 Å². The maximum Gasteiger partial charge on any atom is 0.264 e. The average molecular weight is 570 g/mol. The summed E-state index contributed by atoms with van der Waals surface area (Å²) in [6, 6.07) is 18.0. The molecular weight excluding hydrogens is 545 g/mol. The minimum absolute atomic E-state index is 0.0368. The lowest BCUT2D eigenvalue weighted by atomic mass is 9.88. The van der Waals surface area contributed by atoms with Crippen molar-refractivity contribution in [3.05, 3.63) is 95.9 Å². The van der Waals surface area contributed by atoms with Crippen LogP contribution in [0.5, 0.6) is 0 Å². The maximum absolute atomic E-state index is 13.6. The van der Waals surface area contributed by atoms with Gasteiger partial charge in [0.05, 0.1) is 29.5 Å². The fraction of sp³-hybridized carbons (Fsp3) is 0.241. The minimum atomic E-state index is -3.85. The van der Waals surface area contributed by atoms with Crippen LogP contribution in [0.4, 0.5) is 4.39 Å². The first-order valence-corrected chi connectivity index (χ1v) is 14.7. The number of piperidine rings is 1. The van der Waals surface area contributed by atoms with E-state index >= 15 is 0 Å². The van der Waals surface area contributed by atoms with Crippen LogP contribution in [0.25, 0.3) is 27.7 Å². The lowest BCUT2D eigenvalue weighted by molar-refractivity contribution is 0.397. The van der Waals surface area contributed by atoms with Gasteiger partial charge in [-0.1, -0.05) is 12.1 Å². The number of rotatable bonds is 5. The molecule has 4 heterocycles. The Morgan fingerprint density at radius 2 is 1.85 bits per heavy atom. The summed E-state index contributed by atoms with van der Waals surface area (Å²) in [4.78, 5) is 6.06. The molecule has 3 aromatic heterocycles. The van der Waals surface area contributed by atoms with Crippen molar-refractivity contribution >= 4 is 32.0 Å². The SMILES string of the molecule is Cc1cc2c(cnn2-c2ccc(F)cc2)cc1[C@@]12CN(S(=O)(=O)c3cnn(C)n3)C[C@@H]1[C@H]2c1nc2ccccc2o1. The Morgan fingerprint density at radius 1 is 1.05 bits per heavy atom. The van der Waals surface area contributed by atoms with Crippen LogP contribution in [0.3, 0.4) is 0 Å². The molecule has 0 amide bonds. The molecule has 8 rings (SSSR count). The van der Waals surface area contributed by atoms with Gasteiger partial charge in [-0.15, -0.1) is 5.10 Å². The van der Waals surface area contributed by atoms with Crippen LogP contribution >= 0.6 is 0 Å². The zero-order valence-electron chi connectivity index (χ0n) is 22.1. The molecule has 12 heteroatoms. The zero-order chi connectivity index (χ0) is 28.1. The summed E-state index contributed by atoms with van der Waals surface area (Å²) in [5, 5.41) is 13.5. The smallest absolute Gasteiger partial charge is 0.264 e. The Kier molecular flexibility index (Phi) is 4.94. The number of sulfonamides is 1. The summed E-state index contributed by atoms with van der Waals surface area (Å²) in [6.45, 7) is 2.61. The van der Waals surface area contributed by atoms with Crippen molar-refractivity contribution < 1.29 is 17.2 Å². The highest BCUT2D eigenvalue weighted by molar-refractivity contribution is 7.89. The van der Waals surface area contributed by atoms with Crippen LogP contribution in [0, 0.1) is 18.7 Å². The molecule has 2 fully saturated rings. The third-order valence-corrected chi connectivity index (χ3v) is 10.3. The highest BCUT2D eigenvalue weighted by Crippen LogP contribution is 2.70.